The first kappa shape index (κ1) is 32.7. The number of nitrogens with one attached hydrogen (secondary N) is 4. The molecule has 2 aromatic heterocycles. The van der Waals surface area contributed by atoms with Gasteiger partial charge in [0.15, 0.2) is 5.82 Å². The molecule has 252 valence electrons. The highest BCUT2D eigenvalue weighted by Crippen LogP contribution is 2.34. The number of aromatic amines is 1. The van der Waals surface area contributed by atoms with E-state index in [0.717, 1.165) is 38.5 Å². The van der Waals surface area contributed by atoms with Gasteiger partial charge in [-0.3, -0.25) is 9.59 Å². The van der Waals surface area contributed by atoms with Crippen LogP contribution in [0.2, 0.25) is 0 Å². The van der Waals surface area contributed by atoms with Crippen LogP contribution in [0.5, 0.6) is 0 Å². The summed E-state index contributed by atoms with van der Waals surface area (Å²) in [7, 11) is 1.75. The number of imidazole rings is 1. The smallest absolute Gasteiger partial charge is 0.291 e. The second kappa shape index (κ2) is 14.7. The maximum Gasteiger partial charge on any atom is 0.291 e. The Kier molecular flexibility index (Phi) is 10.2. The van der Waals surface area contributed by atoms with E-state index in [0.29, 0.717) is 66.6 Å². The Morgan fingerprint density at radius 1 is 1.02 bits per heavy atom. The molecule has 12 nitrogen and oxygen atoms in total. The lowest BCUT2D eigenvalue weighted by Gasteiger charge is -2.39. The number of amides is 2. The van der Waals surface area contributed by atoms with Gasteiger partial charge in [-0.25, -0.2) is 14.4 Å². The first-order chi connectivity index (χ1) is 22.8. The van der Waals surface area contributed by atoms with Crippen molar-refractivity contribution < 1.29 is 14.0 Å². The minimum atomic E-state index is -0.487. The second-order valence-corrected chi connectivity index (χ2v) is 13.2. The number of rotatable bonds is 9. The SMILES string of the molecule is CNc1nc(-c2c[nH]c(C(=O)Nc3cccc(F)c3N3CCC(CN)CC3)n2)cc(N2C[C@@H](C(=O)NC3CCCCC3)CC[C@H]2C)n1. The predicted octanol–water partition coefficient (Wildman–Crippen LogP) is 4.53. The zero-order valence-electron chi connectivity index (χ0n) is 27.4. The molecule has 0 spiro atoms. The number of nitrogens with zero attached hydrogens (tertiary/aromatic N) is 5. The van der Waals surface area contributed by atoms with E-state index in [1.54, 1.807) is 25.4 Å². The molecule has 2 aliphatic heterocycles. The molecule has 0 radical (unpaired) electrons. The molecule has 2 amide bonds. The van der Waals surface area contributed by atoms with Crippen LogP contribution in [0.1, 0.15) is 75.3 Å². The van der Waals surface area contributed by atoms with Crippen molar-refractivity contribution in [2.75, 3.05) is 53.7 Å². The third-order valence-electron chi connectivity index (χ3n) is 9.99. The van der Waals surface area contributed by atoms with Crippen molar-refractivity contribution in [2.24, 2.45) is 17.6 Å². The molecule has 1 aromatic carbocycles. The lowest BCUT2D eigenvalue weighted by molar-refractivity contribution is -0.126. The molecular weight excluding hydrogens is 599 g/mol. The van der Waals surface area contributed by atoms with Crippen LogP contribution in [-0.2, 0) is 4.79 Å². The summed E-state index contributed by atoms with van der Waals surface area (Å²) >= 11 is 0. The first-order valence-electron chi connectivity index (χ1n) is 17.1. The van der Waals surface area contributed by atoms with Crippen molar-refractivity contribution >= 4 is 35.0 Å². The summed E-state index contributed by atoms with van der Waals surface area (Å²) in [5.41, 5.74) is 7.62. The summed E-state index contributed by atoms with van der Waals surface area (Å²) in [6.45, 7) is 4.67. The van der Waals surface area contributed by atoms with Crippen LogP contribution in [0.25, 0.3) is 11.4 Å². The van der Waals surface area contributed by atoms with E-state index >= 15 is 4.39 Å². The number of benzene rings is 1. The van der Waals surface area contributed by atoms with Crippen molar-refractivity contribution in [1.29, 1.82) is 0 Å². The second-order valence-electron chi connectivity index (χ2n) is 13.2. The molecule has 0 unspecified atom stereocenters. The molecule has 47 heavy (non-hydrogen) atoms. The van der Waals surface area contributed by atoms with Crippen molar-refractivity contribution in [2.45, 2.75) is 76.8 Å². The van der Waals surface area contributed by atoms with Crippen molar-refractivity contribution in [1.82, 2.24) is 25.3 Å². The highest BCUT2D eigenvalue weighted by molar-refractivity contribution is 6.04. The number of carbonyl (C=O) groups excluding carboxylic acids is 2. The van der Waals surface area contributed by atoms with Gasteiger partial charge in [0.05, 0.1) is 23.0 Å². The largest absolute Gasteiger partial charge is 0.367 e. The molecular formula is C34H47FN10O2. The van der Waals surface area contributed by atoms with Gasteiger partial charge in [-0.05, 0) is 70.0 Å². The number of hydrogen-bond donors (Lipinski definition) is 5. The molecule has 4 heterocycles. The molecule has 0 bridgehead atoms. The highest BCUT2D eigenvalue weighted by Gasteiger charge is 2.33. The van der Waals surface area contributed by atoms with Gasteiger partial charge in [0, 0.05) is 51.0 Å². The first-order valence-corrected chi connectivity index (χ1v) is 17.1. The number of hydrogen-bond acceptors (Lipinski definition) is 9. The number of nitrogens with two attached hydrogens (primary N) is 1. The Labute approximate surface area is 275 Å². The zero-order chi connectivity index (χ0) is 32.9. The van der Waals surface area contributed by atoms with E-state index in [4.69, 9.17) is 10.7 Å². The van der Waals surface area contributed by atoms with E-state index in [9.17, 15) is 9.59 Å². The number of carbonyl (C=O) groups is 2. The average Bonchev–Trinajstić information content (AvgIpc) is 3.60. The Bertz CT molecular complexity index is 1550. The molecule has 3 aromatic rings. The van der Waals surface area contributed by atoms with E-state index in [1.807, 2.05) is 11.0 Å². The number of anilines is 4. The Morgan fingerprint density at radius 3 is 2.55 bits per heavy atom. The van der Waals surface area contributed by atoms with Gasteiger partial charge in [0.25, 0.3) is 5.91 Å². The predicted molar refractivity (Wildman–Crippen MR) is 182 cm³/mol. The van der Waals surface area contributed by atoms with Crippen LogP contribution in [0.4, 0.5) is 27.5 Å². The lowest BCUT2D eigenvalue weighted by atomic mass is 9.91. The summed E-state index contributed by atoms with van der Waals surface area (Å²) in [6.07, 6.45) is 10.8. The molecule has 1 saturated carbocycles. The zero-order valence-corrected chi connectivity index (χ0v) is 27.4. The van der Waals surface area contributed by atoms with Gasteiger partial charge < -0.3 is 36.5 Å². The maximum absolute atomic E-state index is 15.1. The number of H-pyrrole nitrogens is 1. The van der Waals surface area contributed by atoms with Crippen LogP contribution in [-0.4, -0.2) is 77.1 Å². The van der Waals surface area contributed by atoms with Crippen LogP contribution in [0.3, 0.4) is 0 Å². The minimum Gasteiger partial charge on any atom is -0.367 e. The number of aromatic nitrogens is 4. The Hall–Kier alpha value is -4.26. The molecule has 13 heteroatoms. The number of piperidine rings is 2. The molecule has 6 rings (SSSR count). The lowest BCUT2D eigenvalue weighted by Crippen LogP contribution is -2.49. The van der Waals surface area contributed by atoms with Gasteiger partial charge >= 0.3 is 0 Å². The van der Waals surface area contributed by atoms with E-state index in [1.165, 1.54) is 25.3 Å². The van der Waals surface area contributed by atoms with Gasteiger partial charge in [-0.1, -0.05) is 25.3 Å². The Morgan fingerprint density at radius 2 is 1.81 bits per heavy atom. The fourth-order valence-corrected chi connectivity index (χ4v) is 7.11. The fourth-order valence-electron chi connectivity index (χ4n) is 7.11. The van der Waals surface area contributed by atoms with Crippen molar-refractivity contribution in [3.05, 3.63) is 42.1 Å². The van der Waals surface area contributed by atoms with Crippen molar-refractivity contribution in [3.63, 3.8) is 0 Å². The monoisotopic (exact) mass is 646 g/mol. The van der Waals surface area contributed by atoms with E-state index in [-0.39, 0.29) is 35.6 Å². The molecule has 2 atom stereocenters. The molecule has 6 N–H and O–H groups in total. The summed E-state index contributed by atoms with van der Waals surface area (Å²) in [5, 5.41) is 9.20. The van der Waals surface area contributed by atoms with Gasteiger partial charge in [0.1, 0.15) is 17.3 Å². The average molecular weight is 647 g/mol. The summed E-state index contributed by atoms with van der Waals surface area (Å²) in [4.78, 5) is 47.7. The van der Waals surface area contributed by atoms with Crippen LogP contribution < -0.4 is 31.5 Å². The third-order valence-corrected chi connectivity index (χ3v) is 9.99. The standard InChI is InChI=1S/C34H47FN10O2/c1-21-11-12-23(32(46)39-24-7-4-3-5-8-24)20-45(21)29-17-27(42-34(37-2)43-29)28-19-38-31(40-28)33(47)41-26-10-6-9-25(35)30(26)44-15-13-22(18-36)14-16-44/h6,9-10,17,19,21-24H,3-5,7-8,11-16,18,20,36H2,1-2H3,(H,38,40)(H,39,46)(H,41,47)(H,37,42,43)/t21-,23+/m1/s1. The molecule has 3 fully saturated rings. The summed E-state index contributed by atoms with van der Waals surface area (Å²) in [5.74, 6) is 0.741. The minimum absolute atomic E-state index is 0.0778. The van der Waals surface area contributed by atoms with Crippen LogP contribution in [0.15, 0.2) is 30.5 Å². The summed E-state index contributed by atoms with van der Waals surface area (Å²) < 4.78 is 15.1. The normalized spacial score (nSPS) is 21.0. The van der Waals surface area contributed by atoms with Gasteiger partial charge in [0.2, 0.25) is 11.9 Å². The molecule has 2 saturated heterocycles. The summed E-state index contributed by atoms with van der Waals surface area (Å²) in [6, 6.07) is 7.01. The molecule has 3 aliphatic rings. The Balaban J connectivity index is 1.18. The highest BCUT2D eigenvalue weighted by atomic mass is 19.1. The number of halogens is 1. The quantitative estimate of drug-likeness (QED) is 0.225. The fraction of sp³-hybridized carbons (Fsp3) is 0.559. The van der Waals surface area contributed by atoms with Gasteiger partial charge in [-0.2, -0.15) is 4.98 Å². The third kappa shape index (κ3) is 7.50. The van der Waals surface area contributed by atoms with E-state index in [2.05, 4.69) is 42.7 Å². The van der Waals surface area contributed by atoms with Crippen molar-refractivity contribution in [3.8, 4) is 11.4 Å². The van der Waals surface area contributed by atoms with Crippen LogP contribution in [0, 0.1) is 17.7 Å². The van der Waals surface area contributed by atoms with Gasteiger partial charge in [-0.15, -0.1) is 0 Å². The topological polar surface area (TPSA) is 157 Å². The maximum atomic E-state index is 15.1. The number of para-hydroxylation sites is 1. The molecule has 1 aliphatic carbocycles. The van der Waals surface area contributed by atoms with E-state index < -0.39 is 5.91 Å². The van der Waals surface area contributed by atoms with Crippen LogP contribution >= 0.6 is 0 Å².